The first-order valence-corrected chi connectivity index (χ1v) is 10.4. The molecule has 1 aromatic carbocycles. The van der Waals surface area contributed by atoms with Gasteiger partial charge in [-0.05, 0) is 44.2 Å². The second-order valence-corrected chi connectivity index (χ2v) is 7.68. The molecule has 0 atom stereocenters. The highest BCUT2D eigenvalue weighted by Gasteiger charge is 2.28. The van der Waals surface area contributed by atoms with Crippen LogP contribution in [0, 0.1) is 6.92 Å². The van der Waals surface area contributed by atoms with Crippen molar-refractivity contribution in [1.29, 1.82) is 0 Å². The number of aromatic nitrogens is 2. The number of nitrogens with one attached hydrogen (secondary N) is 1. The van der Waals surface area contributed by atoms with Gasteiger partial charge < -0.3 is 15.1 Å². The zero-order valence-electron chi connectivity index (χ0n) is 16.9. The lowest BCUT2D eigenvalue weighted by Crippen LogP contribution is -2.41. The highest BCUT2D eigenvalue weighted by molar-refractivity contribution is 5.90. The Labute approximate surface area is 167 Å². The molecule has 0 unspecified atom stereocenters. The van der Waals surface area contributed by atoms with Crippen molar-refractivity contribution in [2.45, 2.75) is 52.5 Å². The maximum atomic E-state index is 13.0. The number of rotatable bonds is 3. The molecule has 4 rings (SSSR count). The quantitative estimate of drug-likeness (QED) is 0.878. The molecule has 2 amide bonds. The molecule has 0 bridgehead atoms. The molecule has 6 heteroatoms. The van der Waals surface area contributed by atoms with Crippen molar-refractivity contribution in [1.82, 2.24) is 14.9 Å². The smallest absolute Gasteiger partial charge is 0.322 e. The first-order valence-electron chi connectivity index (χ1n) is 10.4. The molecule has 28 heavy (non-hydrogen) atoms. The van der Waals surface area contributed by atoms with Gasteiger partial charge >= 0.3 is 6.03 Å². The lowest BCUT2D eigenvalue weighted by Gasteiger charge is -2.34. The van der Waals surface area contributed by atoms with E-state index in [2.05, 4.69) is 28.2 Å². The Balaban J connectivity index is 1.56. The van der Waals surface area contributed by atoms with E-state index in [0.717, 1.165) is 60.1 Å². The summed E-state index contributed by atoms with van der Waals surface area (Å²) in [7, 11) is 0. The molecule has 2 aliphatic rings. The number of anilines is 2. The van der Waals surface area contributed by atoms with Crippen LogP contribution in [0.3, 0.4) is 0 Å². The summed E-state index contributed by atoms with van der Waals surface area (Å²) < 4.78 is 0. The average molecular weight is 380 g/mol. The molecule has 0 saturated carbocycles. The molecule has 6 nitrogen and oxygen atoms in total. The lowest BCUT2D eigenvalue weighted by atomic mass is 10.0. The zero-order valence-corrected chi connectivity index (χ0v) is 16.9. The van der Waals surface area contributed by atoms with Gasteiger partial charge in [-0.1, -0.05) is 25.1 Å². The topological polar surface area (TPSA) is 61.4 Å². The highest BCUT2D eigenvalue weighted by Crippen LogP contribution is 2.29. The third-order valence-electron chi connectivity index (χ3n) is 5.73. The van der Waals surface area contributed by atoms with E-state index in [-0.39, 0.29) is 6.03 Å². The molecule has 3 heterocycles. The molecule has 0 aliphatic carbocycles. The monoisotopic (exact) mass is 379 g/mol. The van der Waals surface area contributed by atoms with Crippen LogP contribution in [0.5, 0.6) is 0 Å². The van der Waals surface area contributed by atoms with E-state index < -0.39 is 0 Å². The van der Waals surface area contributed by atoms with Crippen LogP contribution in [0.15, 0.2) is 24.3 Å². The Morgan fingerprint density at radius 3 is 2.68 bits per heavy atom. The fourth-order valence-electron chi connectivity index (χ4n) is 4.20. The summed E-state index contributed by atoms with van der Waals surface area (Å²) >= 11 is 0. The number of aryl methyl sites for hydroxylation is 2. The van der Waals surface area contributed by atoms with E-state index in [4.69, 9.17) is 4.98 Å². The van der Waals surface area contributed by atoms with Crippen molar-refractivity contribution in [3.05, 3.63) is 46.9 Å². The van der Waals surface area contributed by atoms with Gasteiger partial charge in [0.1, 0.15) is 11.6 Å². The molecule has 1 saturated heterocycles. The van der Waals surface area contributed by atoms with Crippen molar-refractivity contribution < 1.29 is 4.79 Å². The standard InChI is InChI=1S/C22H29N5O/c1-3-17-9-5-6-10-19(17)25-22(28)27-14-11-20-18(15-27)21(24-16(2)23-20)26-12-7-4-8-13-26/h5-6,9-10H,3-4,7-8,11-15H2,1-2H3,(H,25,28). The minimum absolute atomic E-state index is 0.0447. The third-order valence-corrected chi connectivity index (χ3v) is 5.73. The van der Waals surface area contributed by atoms with Gasteiger partial charge in [-0.2, -0.15) is 0 Å². The molecule has 1 fully saturated rings. The number of carbonyl (C=O) groups excluding carboxylic acids is 1. The maximum absolute atomic E-state index is 13.0. The number of urea groups is 1. The highest BCUT2D eigenvalue weighted by atomic mass is 16.2. The summed E-state index contributed by atoms with van der Waals surface area (Å²) in [6.45, 7) is 7.41. The maximum Gasteiger partial charge on any atom is 0.322 e. The Morgan fingerprint density at radius 1 is 1.11 bits per heavy atom. The number of hydrogen-bond donors (Lipinski definition) is 1. The average Bonchev–Trinajstić information content (AvgIpc) is 2.73. The second-order valence-electron chi connectivity index (χ2n) is 7.68. The third kappa shape index (κ3) is 3.81. The van der Waals surface area contributed by atoms with Crippen LogP contribution < -0.4 is 10.2 Å². The van der Waals surface area contributed by atoms with Gasteiger partial charge in [-0.3, -0.25) is 0 Å². The van der Waals surface area contributed by atoms with Crippen molar-refractivity contribution >= 4 is 17.5 Å². The summed E-state index contributed by atoms with van der Waals surface area (Å²) in [4.78, 5) is 26.7. The van der Waals surface area contributed by atoms with Crippen LogP contribution in [0.2, 0.25) is 0 Å². The summed E-state index contributed by atoms with van der Waals surface area (Å²) in [5.41, 5.74) is 4.28. The van der Waals surface area contributed by atoms with Gasteiger partial charge in [0.05, 0.1) is 12.2 Å². The molecule has 1 aromatic heterocycles. The number of benzene rings is 1. The SMILES string of the molecule is CCc1ccccc1NC(=O)N1CCc2nc(C)nc(N3CCCCC3)c2C1. The van der Waals surface area contributed by atoms with E-state index in [0.29, 0.717) is 13.1 Å². The predicted molar refractivity (Wildman–Crippen MR) is 112 cm³/mol. The number of fused-ring (bicyclic) bond motifs is 1. The van der Waals surface area contributed by atoms with Gasteiger partial charge in [-0.25, -0.2) is 14.8 Å². The van der Waals surface area contributed by atoms with Gasteiger partial charge in [0.25, 0.3) is 0 Å². The van der Waals surface area contributed by atoms with Crippen LogP contribution >= 0.6 is 0 Å². The van der Waals surface area contributed by atoms with Crippen LogP contribution in [-0.2, 0) is 19.4 Å². The fraction of sp³-hybridized carbons (Fsp3) is 0.500. The van der Waals surface area contributed by atoms with Crippen LogP contribution in [0.1, 0.15) is 48.8 Å². The number of para-hydroxylation sites is 1. The molecular weight excluding hydrogens is 350 g/mol. The minimum atomic E-state index is -0.0447. The normalized spacial score (nSPS) is 16.6. The first-order chi connectivity index (χ1) is 13.7. The molecule has 0 radical (unpaired) electrons. The Bertz CT molecular complexity index is 860. The fourth-order valence-corrected chi connectivity index (χ4v) is 4.20. The first kappa shape index (κ1) is 18.7. The van der Waals surface area contributed by atoms with Crippen molar-refractivity contribution in [2.75, 3.05) is 29.9 Å². The number of piperidine rings is 1. The number of amides is 2. The molecule has 2 aliphatic heterocycles. The largest absolute Gasteiger partial charge is 0.356 e. The molecule has 148 valence electrons. The van der Waals surface area contributed by atoms with Crippen molar-refractivity contribution in [3.63, 3.8) is 0 Å². The van der Waals surface area contributed by atoms with Crippen LogP contribution in [0.4, 0.5) is 16.3 Å². The van der Waals surface area contributed by atoms with Gasteiger partial charge in [0.15, 0.2) is 0 Å². The Kier molecular flexibility index (Phi) is 5.46. The second kappa shape index (κ2) is 8.17. The summed E-state index contributed by atoms with van der Waals surface area (Å²) in [5.74, 6) is 1.86. The zero-order chi connectivity index (χ0) is 19.5. The van der Waals surface area contributed by atoms with Crippen LogP contribution in [0.25, 0.3) is 0 Å². The lowest BCUT2D eigenvalue weighted by molar-refractivity contribution is 0.206. The summed E-state index contributed by atoms with van der Waals surface area (Å²) in [5, 5.41) is 3.10. The number of hydrogen-bond acceptors (Lipinski definition) is 4. The summed E-state index contributed by atoms with van der Waals surface area (Å²) in [6, 6.07) is 7.96. The van der Waals surface area contributed by atoms with Gasteiger partial charge in [0.2, 0.25) is 0 Å². The van der Waals surface area contributed by atoms with E-state index in [1.807, 2.05) is 30.0 Å². The Hall–Kier alpha value is -2.63. The van der Waals surface area contributed by atoms with Crippen LogP contribution in [-0.4, -0.2) is 40.5 Å². The van der Waals surface area contributed by atoms with E-state index >= 15 is 0 Å². The van der Waals surface area contributed by atoms with Gasteiger partial charge in [-0.15, -0.1) is 0 Å². The van der Waals surface area contributed by atoms with E-state index in [1.165, 1.54) is 19.3 Å². The van der Waals surface area contributed by atoms with E-state index in [9.17, 15) is 4.79 Å². The van der Waals surface area contributed by atoms with Crippen molar-refractivity contribution in [3.8, 4) is 0 Å². The Morgan fingerprint density at radius 2 is 1.89 bits per heavy atom. The van der Waals surface area contributed by atoms with Crippen molar-refractivity contribution in [2.24, 2.45) is 0 Å². The number of carbonyl (C=O) groups is 1. The number of nitrogens with zero attached hydrogens (tertiary/aromatic N) is 4. The van der Waals surface area contributed by atoms with Gasteiger partial charge in [0, 0.05) is 37.3 Å². The molecular formula is C22H29N5O. The molecule has 0 spiro atoms. The summed E-state index contributed by atoms with van der Waals surface area (Å²) in [6.07, 6.45) is 5.37. The molecule has 1 N–H and O–H groups in total. The minimum Gasteiger partial charge on any atom is -0.356 e. The van der Waals surface area contributed by atoms with E-state index in [1.54, 1.807) is 0 Å². The predicted octanol–water partition coefficient (Wildman–Crippen LogP) is 3.93. The molecule has 2 aromatic rings.